The monoisotopic (exact) mass is 467 g/mol. The van der Waals surface area contributed by atoms with Crippen molar-refractivity contribution in [2.45, 2.75) is 25.9 Å². The molecule has 0 bridgehead atoms. The highest BCUT2D eigenvalue weighted by Crippen LogP contribution is 2.26. The van der Waals surface area contributed by atoms with E-state index in [2.05, 4.69) is 5.32 Å². The summed E-state index contributed by atoms with van der Waals surface area (Å²) in [6.07, 6.45) is 2.06. The van der Waals surface area contributed by atoms with Crippen LogP contribution in [0.15, 0.2) is 72.8 Å². The van der Waals surface area contributed by atoms with E-state index in [0.29, 0.717) is 16.7 Å². The lowest BCUT2D eigenvalue weighted by Crippen LogP contribution is -2.29. The number of imide groups is 1. The first kappa shape index (κ1) is 22.5. The number of rotatable bonds is 6. The molecule has 4 amide bonds. The Labute approximate surface area is 203 Å². The van der Waals surface area contributed by atoms with Crippen LogP contribution >= 0.6 is 0 Å². The molecule has 0 spiro atoms. The molecule has 0 atom stereocenters. The molecule has 35 heavy (non-hydrogen) atoms. The zero-order valence-corrected chi connectivity index (χ0v) is 19.2. The Hall–Kier alpha value is -4.26. The molecule has 7 nitrogen and oxygen atoms in total. The Morgan fingerprint density at radius 3 is 2.23 bits per heavy atom. The van der Waals surface area contributed by atoms with Crippen molar-refractivity contribution in [3.63, 3.8) is 0 Å². The summed E-state index contributed by atoms with van der Waals surface area (Å²) in [5, 5.41) is 2.85. The first-order chi connectivity index (χ1) is 17.0. The van der Waals surface area contributed by atoms with E-state index in [1.165, 1.54) is 17.0 Å². The van der Waals surface area contributed by atoms with Crippen molar-refractivity contribution in [3.05, 3.63) is 106 Å². The molecule has 7 heteroatoms. The summed E-state index contributed by atoms with van der Waals surface area (Å²) in [6, 6.07) is 21.1. The van der Waals surface area contributed by atoms with Crippen LogP contribution in [-0.2, 0) is 13.1 Å². The van der Waals surface area contributed by atoms with E-state index in [1.807, 2.05) is 47.4 Å². The van der Waals surface area contributed by atoms with Crippen LogP contribution in [0.5, 0.6) is 0 Å². The molecule has 0 aromatic heterocycles. The Morgan fingerprint density at radius 1 is 0.743 bits per heavy atom. The van der Waals surface area contributed by atoms with Gasteiger partial charge in [0.15, 0.2) is 0 Å². The van der Waals surface area contributed by atoms with Crippen molar-refractivity contribution in [1.29, 1.82) is 0 Å². The number of carbonyl (C=O) groups excluding carboxylic acids is 4. The average Bonchev–Trinajstić information content (AvgIpc) is 3.51. The van der Waals surface area contributed by atoms with Gasteiger partial charge in [0, 0.05) is 30.8 Å². The fraction of sp³-hybridized carbons (Fsp3) is 0.214. The quantitative estimate of drug-likeness (QED) is 0.561. The molecule has 176 valence electrons. The van der Waals surface area contributed by atoms with Gasteiger partial charge >= 0.3 is 0 Å². The molecule has 0 radical (unpaired) electrons. The Balaban J connectivity index is 1.26. The second-order valence-electron chi connectivity index (χ2n) is 8.82. The third-order valence-corrected chi connectivity index (χ3v) is 6.44. The molecular formula is C28H25N3O4. The smallest absolute Gasteiger partial charge is 0.261 e. The van der Waals surface area contributed by atoms with E-state index >= 15 is 0 Å². The van der Waals surface area contributed by atoms with E-state index in [0.717, 1.165) is 37.1 Å². The van der Waals surface area contributed by atoms with Gasteiger partial charge in [-0.15, -0.1) is 0 Å². The van der Waals surface area contributed by atoms with Crippen LogP contribution in [0.3, 0.4) is 0 Å². The third-order valence-electron chi connectivity index (χ3n) is 6.44. The second-order valence-corrected chi connectivity index (χ2v) is 8.82. The first-order valence-electron chi connectivity index (χ1n) is 11.7. The van der Waals surface area contributed by atoms with Crippen LogP contribution in [-0.4, -0.2) is 46.5 Å². The van der Waals surface area contributed by atoms with Gasteiger partial charge in [-0.25, -0.2) is 0 Å². The van der Waals surface area contributed by atoms with Gasteiger partial charge < -0.3 is 10.2 Å². The maximum absolute atomic E-state index is 12.9. The molecule has 3 aromatic carbocycles. The van der Waals surface area contributed by atoms with Crippen molar-refractivity contribution in [2.75, 3.05) is 13.1 Å². The first-order valence-corrected chi connectivity index (χ1v) is 11.7. The fourth-order valence-electron chi connectivity index (χ4n) is 4.54. The highest BCUT2D eigenvalue weighted by Gasteiger charge is 2.36. The number of hydrogen-bond acceptors (Lipinski definition) is 4. The van der Waals surface area contributed by atoms with Crippen LogP contribution in [0, 0.1) is 0 Å². The summed E-state index contributed by atoms with van der Waals surface area (Å²) in [4.78, 5) is 54.2. The van der Waals surface area contributed by atoms with E-state index < -0.39 is 5.91 Å². The number of benzene rings is 3. The van der Waals surface area contributed by atoms with Crippen LogP contribution in [0.1, 0.15) is 65.4 Å². The number of likely N-dealkylation sites (tertiary alicyclic amines) is 1. The minimum atomic E-state index is -0.406. The largest absolute Gasteiger partial charge is 0.348 e. The number of nitrogens with zero attached hydrogens (tertiary/aromatic N) is 2. The molecule has 3 aromatic rings. The minimum Gasteiger partial charge on any atom is -0.348 e. The van der Waals surface area contributed by atoms with Crippen LogP contribution in [0.25, 0.3) is 0 Å². The maximum Gasteiger partial charge on any atom is 0.261 e. The van der Waals surface area contributed by atoms with Gasteiger partial charge in [-0.3, -0.25) is 24.1 Å². The fourth-order valence-corrected chi connectivity index (χ4v) is 4.54. The number of amides is 4. The molecule has 0 unspecified atom stereocenters. The molecule has 2 aliphatic rings. The molecular weight excluding hydrogens is 442 g/mol. The summed E-state index contributed by atoms with van der Waals surface area (Å²) >= 11 is 0. The highest BCUT2D eigenvalue weighted by molar-refractivity contribution is 6.22. The molecule has 5 rings (SSSR count). The molecule has 1 saturated heterocycles. The number of hydrogen-bond donors (Lipinski definition) is 1. The topological polar surface area (TPSA) is 86.8 Å². The van der Waals surface area contributed by atoms with E-state index in [1.54, 1.807) is 18.2 Å². The highest BCUT2D eigenvalue weighted by atomic mass is 16.2. The normalized spacial score (nSPS) is 14.9. The Kier molecular flexibility index (Phi) is 6.14. The summed E-state index contributed by atoms with van der Waals surface area (Å²) in [7, 11) is 0. The zero-order chi connectivity index (χ0) is 24.4. The second kappa shape index (κ2) is 9.54. The minimum absolute atomic E-state index is 0.0116. The van der Waals surface area contributed by atoms with Gasteiger partial charge in [0.2, 0.25) is 0 Å². The van der Waals surface area contributed by atoms with Crippen molar-refractivity contribution < 1.29 is 19.2 Å². The standard InChI is InChI=1S/C28H25N3O4/c32-25(29-17-20-9-6-10-22(15-20)26(33)30-13-4-5-14-30)21-11-12-23-24(16-21)28(35)31(27(23)34)18-19-7-2-1-3-8-19/h1-3,6-12,15-16H,4-5,13-14,17-18H2,(H,29,32). The summed E-state index contributed by atoms with van der Waals surface area (Å²) in [6.45, 7) is 1.98. The molecule has 2 aliphatic heterocycles. The van der Waals surface area contributed by atoms with Gasteiger partial charge in [-0.1, -0.05) is 42.5 Å². The Bertz CT molecular complexity index is 1310. The van der Waals surface area contributed by atoms with Crippen LogP contribution in [0.2, 0.25) is 0 Å². The van der Waals surface area contributed by atoms with Crippen molar-refractivity contribution in [1.82, 2.24) is 15.1 Å². The van der Waals surface area contributed by atoms with Gasteiger partial charge in [0.25, 0.3) is 23.6 Å². The van der Waals surface area contributed by atoms with Gasteiger partial charge in [0.05, 0.1) is 17.7 Å². The maximum atomic E-state index is 12.9. The summed E-state index contributed by atoms with van der Waals surface area (Å²) < 4.78 is 0. The van der Waals surface area contributed by atoms with E-state index in [9.17, 15) is 19.2 Å². The SMILES string of the molecule is O=C(NCc1cccc(C(=O)N2CCCC2)c1)c1ccc2c(c1)C(=O)N(Cc1ccccc1)C2=O. The van der Waals surface area contributed by atoms with E-state index in [-0.39, 0.29) is 36.4 Å². The van der Waals surface area contributed by atoms with Crippen molar-refractivity contribution >= 4 is 23.6 Å². The van der Waals surface area contributed by atoms with Gasteiger partial charge in [-0.2, -0.15) is 0 Å². The van der Waals surface area contributed by atoms with Gasteiger partial charge in [-0.05, 0) is 54.3 Å². The zero-order valence-electron chi connectivity index (χ0n) is 19.2. The Morgan fingerprint density at radius 2 is 1.46 bits per heavy atom. The summed E-state index contributed by atoms with van der Waals surface area (Å²) in [5.74, 6) is -1.11. The molecule has 0 aliphatic carbocycles. The van der Waals surface area contributed by atoms with Crippen LogP contribution in [0.4, 0.5) is 0 Å². The summed E-state index contributed by atoms with van der Waals surface area (Å²) in [5.41, 5.74) is 3.11. The lowest BCUT2D eigenvalue weighted by Gasteiger charge is -2.15. The lowest BCUT2D eigenvalue weighted by atomic mass is 10.0. The third kappa shape index (κ3) is 4.57. The van der Waals surface area contributed by atoms with E-state index in [4.69, 9.17) is 0 Å². The van der Waals surface area contributed by atoms with Gasteiger partial charge in [0.1, 0.15) is 0 Å². The molecule has 1 N–H and O–H groups in total. The number of nitrogens with one attached hydrogen (secondary N) is 1. The molecule has 2 heterocycles. The predicted octanol–water partition coefficient (Wildman–Crippen LogP) is 3.65. The predicted molar refractivity (Wildman–Crippen MR) is 130 cm³/mol. The molecule has 0 saturated carbocycles. The van der Waals surface area contributed by atoms with Crippen LogP contribution < -0.4 is 5.32 Å². The number of carbonyl (C=O) groups is 4. The average molecular weight is 468 g/mol. The number of fused-ring (bicyclic) bond motifs is 1. The lowest BCUT2D eigenvalue weighted by molar-refractivity contribution is 0.0641. The van der Waals surface area contributed by atoms with Crippen molar-refractivity contribution in [2.24, 2.45) is 0 Å². The molecule has 1 fully saturated rings. The van der Waals surface area contributed by atoms with Crippen molar-refractivity contribution in [3.8, 4) is 0 Å².